The molecular weight excluding hydrogens is 314 g/mol. The third-order valence-corrected chi connectivity index (χ3v) is 6.06. The summed E-state index contributed by atoms with van der Waals surface area (Å²) in [5, 5.41) is 0. The van der Waals surface area contributed by atoms with Gasteiger partial charge in [0.05, 0.1) is 6.54 Å². The van der Waals surface area contributed by atoms with Crippen molar-refractivity contribution >= 4 is 11.7 Å². The van der Waals surface area contributed by atoms with Crippen LogP contribution in [0.5, 0.6) is 0 Å². The molecule has 3 rings (SSSR count). The number of hydrogen-bond donors (Lipinski definition) is 1. The molecule has 1 aliphatic heterocycles. The molecule has 1 amide bonds. The first-order valence-electron chi connectivity index (χ1n) is 9.70. The molecule has 25 heavy (non-hydrogen) atoms. The number of amides is 1. The Morgan fingerprint density at radius 2 is 1.72 bits per heavy atom. The second-order valence-corrected chi connectivity index (χ2v) is 7.82. The largest absolute Gasteiger partial charge is 0.369 e. The summed E-state index contributed by atoms with van der Waals surface area (Å²) in [7, 11) is 0. The first-order chi connectivity index (χ1) is 12.0. The smallest absolute Gasteiger partial charge is 0.220 e. The molecule has 1 aromatic rings. The van der Waals surface area contributed by atoms with Gasteiger partial charge in [-0.15, -0.1) is 0 Å². The second kappa shape index (κ2) is 7.73. The van der Waals surface area contributed by atoms with Crippen molar-refractivity contribution in [3.63, 3.8) is 0 Å². The number of hydrogen-bond acceptors (Lipinski definition) is 3. The first kappa shape index (κ1) is 18.2. The van der Waals surface area contributed by atoms with Crippen molar-refractivity contribution < 1.29 is 9.59 Å². The quantitative estimate of drug-likeness (QED) is 0.834. The van der Waals surface area contributed by atoms with E-state index in [1.807, 2.05) is 0 Å². The Bertz CT molecular complexity index is 636. The fourth-order valence-electron chi connectivity index (χ4n) is 4.65. The Labute approximate surface area is 150 Å². The fraction of sp³-hybridized carbons (Fsp3) is 0.700. The van der Waals surface area contributed by atoms with Crippen LogP contribution in [0.3, 0.4) is 0 Å². The molecule has 0 unspecified atom stereocenters. The van der Waals surface area contributed by atoms with Crippen LogP contribution in [0.1, 0.15) is 72.7 Å². The van der Waals surface area contributed by atoms with E-state index in [-0.39, 0.29) is 17.6 Å². The number of rotatable bonds is 5. The number of nitrogens with two attached hydrogens (primary N) is 1. The van der Waals surface area contributed by atoms with Crippen molar-refractivity contribution in [1.82, 2.24) is 9.47 Å². The van der Waals surface area contributed by atoms with Crippen LogP contribution in [0.15, 0.2) is 6.07 Å². The van der Waals surface area contributed by atoms with E-state index in [4.69, 9.17) is 5.73 Å². The average Bonchev–Trinajstić information content (AvgIpc) is 2.90. The number of aromatic nitrogens is 1. The van der Waals surface area contributed by atoms with Crippen LogP contribution in [-0.4, -0.2) is 40.8 Å². The number of ketones is 1. The molecule has 2 heterocycles. The molecule has 0 bridgehead atoms. The lowest BCUT2D eigenvalue weighted by Crippen LogP contribution is -2.34. The Morgan fingerprint density at radius 3 is 2.32 bits per heavy atom. The second-order valence-electron chi connectivity index (χ2n) is 7.82. The van der Waals surface area contributed by atoms with Gasteiger partial charge in [-0.05, 0) is 71.5 Å². The van der Waals surface area contributed by atoms with E-state index in [2.05, 4.69) is 29.4 Å². The molecule has 1 aliphatic carbocycles. The van der Waals surface area contributed by atoms with Gasteiger partial charge in [-0.1, -0.05) is 6.42 Å². The highest BCUT2D eigenvalue weighted by molar-refractivity contribution is 5.99. The van der Waals surface area contributed by atoms with Crippen molar-refractivity contribution in [2.75, 3.05) is 19.6 Å². The Balaban J connectivity index is 1.70. The van der Waals surface area contributed by atoms with E-state index in [0.29, 0.717) is 12.6 Å². The predicted octanol–water partition coefficient (Wildman–Crippen LogP) is 2.99. The Morgan fingerprint density at radius 1 is 1.08 bits per heavy atom. The van der Waals surface area contributed by atoms with Gasteiger partial charge in [0.1, 0.15) is 0 Å². The summed E-state index contributed by atoms with van der Waals surface area (Å²) >= 11 is 0. The van der Waals surface area contributed by atoms with Crippen molar-refractivity contribution in [3.8, 4) is 0 Å². The molecule has 5 nitrogen and oxygen atoms in total. The van der Waals surface area contributed by atoms with E-state index in [1.54, 1.807) is 0 Å². The lowest BCUT2D eigenvalue weighted by atomic mass is 9.85. The van der Waals surface area contributed by atoms with Crippen LogP contribution < -0.4 is 5.73 Å². The minimum atomic E-state index is -0.170. The van der Waals surface area contributed by atoms with E-state index in [1.165, 1.54) is 19.3 Å². The number of primary amides is 1. The van der Waals surface area contributed by atoms with Gasteiger partial charge in [0, 0.05) is 28.9 Å². The van der Waals surface area contributed by atoms with Gasteiger partial charge >= 0.3 is 0 Å². The number of carbonyl (C=O) groups is 2. The molecule has 0 aromatic carbocycles. The molecule has 138 valence electrons. The molecule has 2 fully saturated rings. The minimum absolute atomic E-state index is 0.0210. The Kier molecular flexibility index (Phi) is 5.62. The van der Waals surface area contributed by atoms with Crippen LogP contribution in [0.4, 0.5) is 0 Å². The highest BCUT2D eigenvalue weighted by atomic mass is 16.1. The Hall–Kier alpha value is -1.62. The van der Waals surface area contributed by atoms with Crippen molar-refractivity contribution in [2.45, 2.75) is 64.8 Å². The maximum atomic E-state index is 12.8. The summed E-state index contributed by atoms with van der Waals surface area (Å²) in [5.74, 6) is 0.0940. The molecule has 2 N–H and O–H groups in total. The lowest BCUT2D eigenvalue weighted by Gasteiger charge is -2.30. The molecule has 1 saturated carbocycles. The zero-order chi connectivity index (χ0) is 18.0. The predicted molar refractivity (Wildman–Crippen MR) is 98.7 cm³/mol. The number of Topliss-reactive ketones (excluding diaryl/α,β-unsaturated/α-hetero) is 1. The zero-order valence-corrected chi connectivity index (χ0v) is 15.6. The number of piperidine rings is 1. The minimum Gasteiger partial charge on any atom is -0.369 e. The summed E-state index contributed by atoms with van der Waals surface area (Å²) in [6.45, 7) is 6.78. The molecule has 1 aromatic heterocycles. The number of aryl methyl sites for hydroxylation is 1. The molecule has 0 radical (unpaired) electrons. The third kappa shape index (κ3) is 3.97. The van der Waals surface area contributed by atoms with Crippen molar-refractivity contribution in [2.24, 2.45) is 11.7 Å². The number of carbonyl (C=O) groups excluding carboxylic acids is 2. The molecule has 0 spiro atoms. The van der Waals surface area contributed by atoms with Gasteiger partial charge in [-0.2, -0.15) is 0 Å². The monoisotopic (exact) mass is 345 g/mol. The van der Waals surface area contributed by atoms with Crippen LogP contribution in [0, 0.1) is 19.8 Å². The van der Waals surface area contributed by atoms with Gasteiger partial charge in [-0.3, -0.25) is 14.5 Å². The van der Waals surface area contributed by atoms with Gasteiger partial charge in [0.25, 0.3) is 0 Å². The maximum Gasteiger partial charge on any atom is 0.220 e. The zero-order valence-electron chi connectivity index (χ0n) is 15.6. The van der Waals surface area contributed by atoms with E-state index in [9.17, 15) is 9.59 Å². The topological polar surface area (TPSA) is 68.3 Å². The standard InChI is InChI=1S/C20H31N3O2/c1-14-12-18(19(24)13-22-10-4-3-5-11-22)15(2)23(14)17-8-6-16(7-9-17)20(21)25/h12,16-17H,3-11,13H2,1-2H3,(H2,21,25)/t16-,17+. The molecule has 1 saturated heterocycles. The molecular formula is C20H31N3O2. The van der Waals surface area contributed by atoms with Crippen LogP contribution in [-0.2, 0) is 4.79 Å². The van der Waals surface area contributed by atoms with Gasteiger partial charge in [0.15, 0.2) is 5.78 Å². The van der Waals surface area contributed by atoms with E-state index in [0.717, 1.165) is 55.7 Å². The maximum absolute atomic E-state index is 12.8. The van der Waals surface area contributed by atoms with E-state index < -0.39 is 0 Å². The van der Waals surface area contributed by atoms with Gasteiger partial charge < -0.3 is 10.3 Å². The molecule has 2 aliphatic rings. The summed E-state index contributed by atoms with van der Waals surface area (Å²) in [6, 6.07) is 2.44. The number of likely N-dealkylation sites (tertiary alicyclic amines) is 1. The van der Waals surface area contributed by atoms with Crippen LogP contribution in [0.2, 0.25) is 0 Å². The first-order valence-corrected chi connectivity index (χ1v) is 9.70. The summed E-state index contributed by atoms with van der Waals surface area (Å²) < 4.78 is 2.32. The summed E-state index contributed by atoms with van der Waals surface area (Å²) in [5.41, 5.74) is 8.56. The van der Waals surface area contributed by atoms with Gasteiger partial charge in [0.2, 0.25) is 5.91 Å². The summed E-state index contributed by atoms with van der Waals surface area (Å²) in [4.78, 5) is 26.5. The van der Waals surface area contributed by atoms with Crippen LogP contribution in [0.25, 0.3) is 0 Å². The van der Waals surface area contributed by atoms with Crippen molar-refractivity contribution in [3.05, 3.63) is 23.0 Å². The summed E-state index contributed by atoms with van der Waals surface area (Å²) in [6.07, 6.45) is 7.33. The van der Waals surface area contributed by atoms with Gasteiger partial charge in [-0.25, -0.2) is 0 Å². The molecule has 5 heteroatoms. The highest BCUT2D eigenvalue weighted by Crippen LogP contribution is 2.35. The fourth-order valence-corrected chi connectivity index (χ4v) is 4.65. The van der Waals surface area contributed by atoms with Crippen molar-refractivity contribution in [1.29, 1.82) is 0 Å². The third-order valence-electron chi connectivity index (χ3n) is 6.06. The average molecular weight is 345 g/mol. The van der Waals surface area contributed by atoms with E-state index >= 15 is 0 Å². The normalized spacial score (nSPS) is 25.0. The van der Waals surface area contributed by atoms with Crippen LogP contribution >= 0.6 is 0 Å². The highest BCUT2D eigenvalue weighted by Gasteiger charge is 2.28. The molecule has 0 atom stereocenters. The number of nitrogens with zero attached hydrogens (tertiary/aromatic N) is 2. The SMILES string of the molecule is Cc1cc(C(=O)CN2CCCCC2)c(C)n1[C@H]1CC[C@@H](C(N)=O)CC1. The lowest BCUT2D eigenvalue weighted by molar-refractivity contribution is -0.122.